The van der Waals surface area contributed by atoms with Crippen molar-refractivity contribution >= 4 is 23.1 Å². The minimum absolute atomic E-state index is 0.213. The highest BCUT2D eigenvalue weighted by molar-refractivity contribution is 7.05. The van der Waals surface area contributed by atoms with E-state index in [2.05, 4.69) is 26.8 Å². The Morgan fingerprint density at radius 1 is 1.44 bits per heavy atom. The lowest BCUT2D eigenvalue weighted by atomic mass is 10.1. The van der Waals surface area contributed by atoms with Crippen molar-refractivity contribution in [2.24, 2.45) is 0 Å². The van der Waals surface area contributed by atoms with Gasteiger partial charge in [0.15, 0.2) is 0 Å². The molecule has 4 nitrogen and oxygen atoms in total. The van der Waals surface area contributed by atoms with Crippen LogP contribution in [0.2, 0.25) is 5.02 Å². The van der Waals surface area contributed by atoms with E-state index in [1.807, 2.05) is 12.3 Å². The second-order valence-corrected chi connectivity index (χ2v) is 5.22. The lowest BCUT2D eigenvalue weighted by Gasteiger charge is -2.16. The number of hydrogen-bond donors (Lipinski definition) is 1. The van der Waals surface area contributed by atoms with Gasteiger partial charge in [-0.2, -0.15) is 0 Å². The first-order valence-corrected chi connectivity index (χ1v) is 7.05. The normalized spacial score (nSPS) is 12.6. The zero-order valence-electron chi connectivity index (χ0n) is 10.1. The molecule has 1 unspecified atom stereocenters. The molecule has 2 rings (SSSR count). The van der Waals surface area contributed by atoms with Gasteiger partial charge < -0.3 is 5.32 Å². The molecule has 0 aliphatic rings. The maximum atomic E-state index is 6.15. The predicted octanol–water partition coefficient (Wildman–Crippen LogP) is 2.87. The summed E-state index contributed by atoms with van der Waals surface area (Å²) in [6.45, 7) is 3.11. The van der Waals surface area contributed by atoms with Crippen molar-refractivity contribution in [3.05, 3.63) is 40.1 Å². The molecule has 0 aromatic carbocycles. The van der Waals surface area contributed by atoms with Crippen LogP contribution in [0.5, 0.6) is 0 Å². The zero-order valence-corrected chi connectivity index (χ0v) is 11.7. The summed E-state index contributed by atoms with van der Waals surface area (Å²) in [5.41, 5.74) is 1.09. The Kier molecular flexibility index (Phi) is 5.04. The van der Waals surface area contributed by atoms with E-state index >= 15 is 0 Å². The molecule has 2 aromatic rings. The van der Waals surface area contributed by atoms with Gasteiger partial charge in [-0.1, -0.05) is 23.0 Å². The zero-order chi connectivity index (χ0) is 12.8. The van der Waals surface area contributed by atoms with E-state index in [0.29, 0.717) is 5.02 Å². The van der Waals surface area contributed by atoms with Gasteiger partial charge in [-0.15, -0.1) is 5.10 Å². The lowest BCUT2D eigenvalue weighted by molar-refractivity contribution is 0.536. The molecule has 0 fully saturated rings. The topological polar surface area (TPSA) is 50.7 Å². The molecule has 6 heteroatoms. The van der Waals surface area contributed by atoms with Crippen LogP contribution >= 0.6 is 23.1 Å². The summed E-state index contributed by atoms with van der Waals surface area (Å²) in [7, 11) is 0. The van der Waals surface area contributed by atoms with Crippen molar-refractivity contribution < 1.29 is 0 Å². The van der Waals surface area contributed by atoms with Crippen molar-refractivity contribution in [2.75, 3.05) is 6.54 Å². The van der Waals surface area contributed by atoms with Gasteiger partial charge in [-0.25, -0.2) is 0 Å². The molecule has 0 aliphatic heterocycles. The van der Waals surface area contributed by atoms with Gasteiger partial charge in [0.05, 0.1) is 16.1 Å². The largest absolute Gasteiger partial charge is 0.309 e. The smallest absolute Gasteiger partial charge is 0.0669 e. The van der Waals surface area contributed by atoms with Crippen LogP contribution in [0.4, 0.5) is 0 Å². The molecule has 0 amide bonds. The molecule has 2 aromatic heterocycles. The molecule has 0 radical (unpaired) electrons. The maximum absolute atomic E-state index is 6.15. The molecule has 18 heavy (non-hydrogen) atoms. The van der Waals surface area contributed by atoms with Crippen LogP contribution in [0.15, 0.2) is 24.7 Å². The van der Waals surface area contributed by atoms with Gasteiger partial charge in [0.1, 0.15) is 0 Å². The fraction of sp³-hybridized carbons (Fsp3) is 0.417. The van der Waals surface area contributed by atoms with E-state index in [1.54, 1.807) is 12.4 Å². The van der Waals surface area contributed by atoms with Crippen LogP contribution < -0.4 is 5.32 Å². The summed E-state index contributed by atoms with van der Waals surface area (Å²) in [5, 5.41) is 8.10. The van der Waals surface area contributed by atoms with Crippen LogP contribution in [0.25, 0.3) is 0 Å². The first-order valence-electron chi connectivity index (χ1n) is 5.90. The third kappa shape index (κ3) is 3.48. The van der Waals surface area contributed by atoms with Crippen LogP contribution in [0.3, 0.4) is 0 Å². The van der Waals surface area contributed by atoms with E-state index < -0.39 is 0 Å². The first kappa shape index (κ1) is 13.4. The van der Waals surface area contributed by atoms with Crippen LogP contribution in [0, 0.1) is 0 Å². The maximum Gasteiger partial charge on any atom is 0.0669 e. The monoisotopic (exact) mass is 282 g/mol. The molecule has 0 saturated carbocycles. The Bertz CT molecular complexity index is 475. The second-order valence-electron chi connectivity index (χ2n) is 4.00. The number of rotatable bonds is 6. The molecule has 1 atom stereocenters. The molecule has 0 saturated heterocycles. The fourth-order valence-corrected chi connectivity index (χ4v) is 2.48. The quantitative estimate of drug-likeness (QED) is 0.885. The number of pyridine rings is 1. The van der Waals surface area contributed by atoms with Crippen molar-refractivity contribution in [3.63, 3.8) is 0 Å². The van der Waals surface area contributed by atoms with E-state index in [1.165, 1.54) is 11.5 Å². The van der Waals surface area contributed by atoms with Crippen LogP contribution in [-0.2, 0) is 6.42 Å². The summed E-state index contributed by atoms with van der Waals surface area (Å²) in [6.07, 6.45) is 7.17. The Morgan fingerprint density at radius 3 is 3.00 bits per heavy atom. The summed E-state index contributed by atoms with van der Waals surface area (Å²) in [5.74, 6) is 0. The van der Waals surface area contributed by atoms with Crippen molar-refractivity contribution in [1.82, 2.24) is 19.9 Å². The average Bonchev–Trinajstić information content (AvgIpc) is 2.90. The highest BCUT2D eigenvalue weighted by Crippen LogP contribution is 2.24. The first-order chi connectivity index (χ1) is 8.81. The van der Waals surface area contributed by atoms with E-state index in [-0.39, 0.29) is 6.04 Å². The van der Waals surface area contributed by atoms with Gasteiger partial charge in [0, 0.05) is 18.4 Å². The summed E-state index contributed by atoms with van der Waals surface area (Å²) >= 11 is 7.57. The molecule has 96 valence electrons. The van der Waals surface area contributed by atoms with Gasteiger partial charge >= 0.3 is 0 Å². The highest BCUT2D eigenvalue weighted by Gasteiger charge is 2.15. The minimum atomic E-state index is 0.213. The minimum Gasteiger partial charge on any atom is -0.309 e. The standard InChI is InChI=1S/C12H15ClN4S/c1-2-4-15-11(12-8-16-17-18-12)6-9-3-5-14-7-10(9)13/h3,5,7-8,11,15H,2,4,6H2,1H3. The number of aromatic nitrogens is 3. The van der Waals surface area contributed by atoms with Crippen LogP contribution in [0.1, 0.15) is 29.8 Å². The molecule has 2 heterocycles. The molecule has 0 bridgehead atoms. The fourth-order valence-electron chi connectivity index (χ4n) is 1.71. The molecule has 0 aliphatic carbocycles. The lowest BCUT2D eigenvalue weighted by Crippen LogP contribution is -2.23. The van der Waals surface area contributed by atoms with E-state index in [4.69, 9.17) is 11.6 Å². The van der Waals surface area contributed by atoms with E-state index in [0.717, 1.165) is 29.8 Å². The number of halogens is 1. The summed E-state index contributed by atoms with van der Waals surface area (Å²) < 4.78 is 3.92. The predicted molar refractivity (Wildman–Crippen MR) is 73.9 cm³/mol. The number of nitrogens with one attached hydrogen (secondary N) is 1. The van der Waals surface area contributed by atoms with Gasteiger partial charge in [0.25, 0.3) is 0 Å². The summed E-state index contributed by atoms with van der Waals surface area (Å²) in [4.78, 5) is 5.14. The molecular weight excluding hydrogens is 268 g/mol. The van der Waals surface area contributed by atoms with E-state index in [9.17, 15) is 0 Å². The van der Waals surface area contributed by atoms with Crippen molar-refractivity contribution in [1.29, 1.82) is 0 Å². The number of nitrogens with zero attached hydrogens (tertiary/aromatic N) is 3. The average molecular weight is 283 g/mol. The van der Waals surface area contributed by atoms with Crippen LogP contribution in [-0.4, -0.2) is 21.1 Å². The highest BCUT2D eigenvalue weighted by atomic mass is 35.5. The SMILES string of the molecule is CCCNC(Cc1ccncc1Cl)c1cnns1. The van der Waals surface area contributed by atoms with Gasteiger partial charge in [0.2, 0.25) is 0 Å². The van der Waals surface area contributed by atoms with Crippen molar-refractivity contribution in [2.45, 2.75) is 25.8 Å². The number of hydrogen-bond acceptors (Lipinski definition) is 5. The molecule has 0 spiro atoms. The van der Waals surface area contributed by atoms with Crippen molar-refractivity contribution in [3.8, 4) is 0 Å². The Hall–Kier alpha value is -1.04. The summed E-state index contributed by atoms with van der Waals surface area (Å²) in [6, 6.07) is 2.17. The molecule has 1 N–H and O–H groups in total. The third-order valence-electron chi connectivity index (χ3n) is 2.64. The Balaban J connectivity index is 2.13. The second kappa shape index (κ2) is 6.78. The third-order valence-corrected chi connectivity index (χ3v) is 3.76. The van der Waals surface area contributed by atoms with Gasteiger partial charge in [-0.05, 0) is 42.5 Å². The Labute approximate surface area is 116 Å². The Morgan fingerprint density at radius 2 is 2.33 bits per heavy atom. The molecular formula is C12H15ClN4S. The van der Waals surface area contributed by atoms with Gasteiger partial charge in [-0.3, -0.25) is 4.98 Å².